The first-order chi connectivity index (χ1) is 12.4. The van der Waals surface area contributed by atoms with Gasteiger partial charge >= 0.3 is 0 Å². The molecule has 26 heavy (non-hydrogen) atoms. The van der Waals surface area contributed by atoms with Crippen molar-refractivity contribution in [2.75, 3.05) is 11.9 Å². The number of anilines is 1. The van der Waals surface area contributed by atoms with Crippen molar-refractivity contribution in [1.82, 2.24) is 15.0 Å². The fourth-order valence-electron chi connectivity index (χ4n) is 2.31. The molecule has 0 bridgehead atoms. The summed E-state index contributed by atoms with van der Waals surface area (Å²) >= 11 is 6.06. The number of sulfonamides is 1. The maximum Gasteiger partial charge on any atom is 0.242 e. The van der Waals surface area contributed by atoms with E-state index in [-0.39, 0.29) is 29.3 Å². The van der Waals surface area contributed by atoms with E-state index in [4.69, 9.17) is 11.6 Å². The molecule has 0 fully saturated rings. The predicted octanol–water partition coefficient (Wildman–Crippen LogP) is 2.49. The summed E-state index contributed by atoms with van der Waals surface area (Å²) in [6, 6.07) is 9.75. The third-order valence-electron chi connectivity index (χ3n) is 3.58. The number of nitrogens with one attached hydrogen (secondary N) is 2. The second-order valence-corrected chi connectivity index (χ2v) is 7.71. The molecule has 3 aromatic rings. The van der Waals surface area contributed by atoms with Gasteiger partial charge in [-0.3, -0.25) is 4.79 Å². The van der Waals surface area contributed by atoms with Crippen LogP contribution in [0.3, 0.4) is 0 Å². The number of benzene rings is 2. The Balaban J connectivity index is 1.62. The van der Waals surface area contributed by atoms with E-state index >= 15 is 0 Å². The first-order valence-electron chi connectivity index (χ1n) is 7.64. The average molecular weight is 395 g/mol. The number of hydrogen-bond acceptors (Lipinski definition) is 6. The van der Waals surface area contributed by atoms with E-state index in [1.807, 2.05) is 13.0 Å². The lowest BCUT2D eigenvalue weighted by atomic mass is 10.2. The minimum absolute atomic E-state index is 0.0572. The van der Waals surface area contributed by atoms with Gasteiger partial charge in [0.05, 0.1) is 10.7 Å². The topological polar surface area (TPSA) is 114 Å². The van der Waals surface area contributed by atoms with Gasteiger partial charge in [0.15, 0.2) is 5.52 Å². The molecule has 2 aromatic carbocycles. The molecule has 1 heterocycles. The number of aryl methyl sites for hydroxylation is 1. The van der Waals surface area contributed by atoms with Gasteiger partial charge in [-0.1, -0.05) is 23.7 Å². The second kappa shape index (κ2) is 7.40. The number of amides is 1. The van der Waals surface area contributed by atoms with Crippen LogP contribution in [0.5, 0.6) is 0 Å². The number of nitrogens with zero attached hydrogens (tertiary/aromatic N) is 2. The number of halogens is 1. The molecular weight excluding hydrogens is 380 g/mol. The van der Waals surface area contributed by atoms with Crippen molar-refractivity contribution in [3.8, 4) is 0 Å². The molecule has 0 unspecified atom stereocenters. The maximum absolute atomic E-state index is 12.4. The largest absolute Gasteiger partial charge is 0.325 e. The summed E-state index contributed by atoms with van der Waals surface area (Å²) < 4.78 is 31.7. The quantitative estimate of drug-likeness (QED) is 0.663. The van der Waals surface area contributed by atoms with Gasteiger partial charge in [-0.25, -0.2) is 17.8 Å². The Kier molecular flexibility index (Phi) is 5.21. The van der Waals surface area contributed by atoms with E-state index in [0.29, 0.717) is 16.2 Å². The Morgan fingerprint density at radius 1 is 1.23 bits per heavy atom. The van der Waals surface area contributed by atoms with Gasteiger partial charge in [0.1, 0.15) is 10.4 Å². The summed E-state index contributed by atoms with van der Waals surface area (Å²) in [7, 11) is -3.86. The molecule has 0 spiro atoms. The summed E-state index contributed by atoms with van der Waals surface area (Å²) in [4.78, 5) is 11.9. The van der Waals surface area contributed by atoms with Crippen LogP contribution in [0.2, 0.25) is 5.02 Å². The molecule has 0 aliphatic carbocycles. The number of rotatable bonds is 6. The normalized spacial score (nSPS) is 11.6. The summed E-state index contributed by atoms with van der Waals surface area (Å²) in [5.74, 6) is -0.361. The number of carbonyl (C=O) groups excluding carboxylic acids is 1. The summed E-state index contributed by atoms with van der Waals surface area (Å²) in [6.45, 7) is 1.80. The smallest absolute Gasteiger partial charge is 0.242 e. The monoisotopic (exact) mass is 394 g/mol. The van der Waals surface area contributed by atoms with Crippen molar-refractivity contribution >= 4 is 44.3 Å². The van der Waals surface area contributed by atoms with E-state index in [9.17, 15) is 13.2 Å². The molecule has 2 N–H and O–H groups in total. The Labute approximate surface area is 154 Å². The molecule has 8 nitrogen and oxygen atoms in total. The first kappa shape index (κ1) is 18.3. The lowest BCUT2D eigenvalue weighted by molar-refractivity contribution is -0.116. The number of fused-ring (bicyclic) bond motifs is 1. The number of hydrogen-bond donors (Lipinski definition) is 2. The third-order valence-corrected chi connectivity index (χ3v) is 5.39. The lowest BCUT2D eigenvalue weighted by Crippen LogP contribution is -2.28. The van der Waals surface area contributed by atoms with Crippen LogP contribution in [0.25, 0.3) is 11.0 Å². The van der Waals surface area contributed by atoms with Crippen LogP contribution in [-0.4, -0.2) is 31.2 Å². The van der Waals surface area contributed by atoms with Crippen molar-refractivity contribution in [2.24, 2.45) is 0 Å². The van der Waals surface area contributed by atoms with Crippen molar-refractivity contribution < 1.29 is 17.8 Å². The SMILES string of the molecule is Cc1ccc(NC(=O)CCNS(=O)(=O)c2cccc3nonc23)c(Cl)c1. The van der Waals surface area contributed by atoms with Crippen LogP contribution < -0.4 is 10.0 Å². The van der Waals surface area contributed by atoms with Crippen molar-refractivity contribution in [3.63, 3.8) is 0 Å². The molecular formula is C16H15ClN4O4S. The van der Waals surface area contributed by atoms with Crippen molar-refractivity contribution in [2.45, 2.75) is 18.2 Å². The Morgan fingerprint density at radius 3 is 2.81 bits per heavy atom. The highest BCUT2D eigenvalue weighted by Gasteiger charge is 2.20. The summed E-state index contributed by atoms with van der Waals surface area (Å²) in [6.07, 6.45) is -0.0591. The fraction of sp³-hybridized carbons (Fsp3) is 0.188. The molecule has 0 atom stereocenters. The predicted molar refractivity (Wildman–Crippen MR) is 96.4 cm³/mol. The standard InChI is InChI=1S/C16H15ClN4O4S/c1-10-5-6-12(11(17)9-10)19-15(22)7-8-18-26(23,24)14-4-2-3-13-16(14)21-25-20-13/h2-6,9,18H,7-8H2,1H3,(H,19,22). The van der Waals surface area contributed by atoms with Gasteiger partial charge in [-0.2, -0.15) is 0 Å². The molecule has 136 valence electrons. The van der Waals surface area contributed by atoms with E-state index in [0.717, 1.165) is 5.56 Å². The Bertz CT molecular complexity index is 1070. The highest BCUT2D eigenvalue weighted by molar-refractivity contribution is 7.89. The van der Waals surface area contributed by atoms with Gasteiger partial charge < -0.3 is 5.32 Å². The molecule has 3 rings (SSSR count). The Morgan fingerprint density at radius 2 is 2.04 bits per heavy atom. The zero-order valence-corrected chi connectivity index (χ0v) is 15.3. The van der Waals surface area contributed by atoms with Gasteiger partial charge in [0, 0.05) is 13.0 Å². The number of aromatic nitrogens is 2. The summed E-state index contributed by atoms with van der Waals surface area (Å²) in [5.41, 5.74) is 1.91. The van der Waals surface area contributed by atoms with E-state index in [1.165, 1.54) is 12.1 Å². The van der Waals surface area contributed by atoms with Gasteiger partial charge in [-0.15, -0.1) is 0 Å². The molecule has 1 aromatic heterocycles. The maximum atomic E-state index is 12.4. The average Bonchev–Trinajstić information content (AvgIpc) is 3.05. The van der Waals surface area contributed by atoms with Gasteiger partial charge in [0.2, 0.25) is 15.9 Å². The molecule has 0 saturated carbocycles. The summed E-state index contributed by atoms with van der Waals surface area (Å²) in [5, 5.41) is 10.3. The molecule has 0 saturated heterocycles. The molecule has 10 heteroatoms. The highest BCUT2D eigenvalue weighted by Crippen LogP contribution is 2.23. The Hall–Kier alpha value is -2.49. The molecule has 0 aliphatic heterocycles. The molecule has 0 aliphatic rings. The van der Waals surface area contributed by atoms with Crippen molar-refractivity contribution in [1.29, 1.82) is 0 Å². The zero-order valence-electron chi connectivity index (χ0n) is 13.7. The van der Waals surface area contributed by atoms with Gasteiger partial charge in [0.25, 0.3) is 0 Å². The van der Waals surface area contributed by atoms with Gasteiger partial charge in [-0.05, 0) is 47.1 Å². The van der Waals surface area contributed by atoms with E-state index in [1.54, 1.807) is 18.2 Å². The lowest BCUT2D eigenvalue weighted by Gasteiger charge is -2.09. The van der Waals surface area contributed by atoms with Crippen LogP contribution in [0, 0.1) is 6.92 Å². The number of carbonyl (C=O) groups is 1. The van der Waals surface area contributed by atoms with Crippen LogP contribution in [0.4, 0.5) is 5.69 Å². The zero-order chi connectivity index (χ0) is 18.7. The van der Waals surface area contributed by atoms with Crippen LogP contribution in [-0.2, 0) is 14.8 Å². The van der Waals surface area contributed by atoms with Crippen molar-refractivity contribution in [3.05, 3.63) is 47.0 Å². The van der Waals surface area contributed by atoms with Crippen LogP contribution in [0.1, 0.15) is 12.0 Å². The van der Waals surface area contributed by atoms with E-state index < -0.39 is 10.0 Å². The second-order valence-electron chi connectivity index (χ2n) is 5.57. The van der Waals surface area contributed by atoms with Crippen LogP contribution in [0.15, 0.2) is 45.9 Å². The third kappa shape index (κ3) is 4.01. The minimum atomic E-state index is -3.86. The molecule has 1 amide bonds. The first-order valence-corrected chi connectivity index (χ1v) is 9.50. The molecule has 0 radical (unpaired) electrons. The van der Waals surface area contributed by atoms with E-state index in [2.05, 4.69) is 25.0 Å². The fourth-order valence-corrected chi connectivity index (χ4v) is 3.77. The highest BCUT2D eigenvalue weighted by atomic mass is 35.5. The van der Waals surface area contributed by atoms with Crippen LogP contribution >= 0.6 is 11.6 Å². The minimum Gasteiger partial charge on any atom is -0.325 e.